The number of hydrogen-bond acceptors (Lipinski definition) is 5. The molecule has 0 atom stereocenters. The Morgan fingerprint density at radius 2 is 1.89 bits per heavy atom. The van der Waals surface area contributed by atoms with Crippen molar-refractivity contribution in [1.29, 1.82) is 0 Å². The third-order valence-electron chi connectivity index (χ3n) is 4.56. The van der Waals surface area contributed by atoms with Crippen LogP contribution in [0.5, 0.6) is 0 Å². The van der Waals surface area contributed by atoms with Gasteiger partial charge in [-0.05, 0) is 18.1 Å². The van der Waals surface area contributed by atoms with E-state index in [0.717, 1.165) is 15.7 Å². The molecule has 3 rings (SSSR count). The molecule has 148 valence electrons. The highest BCUT2D eigenvalue weighted by molar-refractivity contribution is 5.76. The Morgan fingerprint density at radius 3 is 2.61 bits per heavy atom. The van der Waals surface area contributed by atoms with Crippen molar-refractivity contribution in [1.82, 2.24) is 24.0 Å². The summed E-state index contributed by atoms with van der Waals surface area (Å²) in [4.78, 5) is 41.6. The summed E-state index contributed by atoms with van der Waals surface area (Å²) in [6.45, 7) is 2.90. The Hall–Kier alpha value is -3.20. The van der Waals surface area contributed by atoms with E-state index in [1.165, 1.54) is 22.5 Å². The maximum Gasteiger partial charge on any atom is 0.332 e. The van der Waals surface area contributed by atoms with Gasteiger partial charge in [-0.1, -0.05) is 24.3 Å². The molecule has 1 amide bonds. The molecule has 1 aromatic carbocycles. The summed E-state index contributed by atoms with van der Waals surface area (Å²) in [5.74, 6) is -0.424. The number of nitrogens with zero attached hydrogens (tertiary/aromatic N) is 4. The lowest BCUT2D eigenvalue weighted by atomic mass is 10.1. The molecule has 0 aliphatic rings. The number of aromatic nitrogens is 4. The number of amides is 1. The van der Waals surface area contributed by atoms with Crippen LogP contribution < -0.4 is 16.6 Å². The van der Waals surface area contributed by atoms with Gasteiger partial charge in [0.2, 0.25) is 5.91 Å². The van der Waals surface area contributed by atoms with E-state index in [1.54, 1.807) is 7.05 Å². The molecule has 0 aliphatic carbocycles. The van der Waals surface area contributed by atoms with E-state index in [-0.39, 0.29) is 18.6 Å². The van der Waals surface area contributed by atoms with E-state index in [9.17, 15) is 14.4 Å². The number of hydrogen-bond donors (Lipinski definition) is 1. The summed E-state index contributed by atoms with van der Waals surface area (Å²) in [6.07, 6.45) is 1.46. The lowest BCUT2D eigenvalue weighted by Crippen LogP contribution is -2.43. The first kappa shape index (κ1) is 19.6. The second kappa shape index (κ2) is 8.22. The summed E-state index contributed by atoms with van der Waals surface area (Å²) in [6, 6.07) is 7.63. The number of imidazole rings is 1. The van der Waals surface area contributed by atoms with Crippen molar-refractivity contribution in [3.05, 3.63) is 62.6 Å². The number of carbonyl (C=O) groups is 1. The van der Waals surface area contributed by atoms with Crippen LogP contribution in [0.3, 0.4) is 0 Å². The highest BCUT2D eigenvalue weighted by atomic mass is 16.5. The zero-order valence-corrected chi connectivity index (χ0v) is 16.1. The first-order valence-electron chi connectivity index (χ1n) is 8.96. The minimum atomic E-state index is -0.580. The number of rotatable bonds is 7. The maximum atomic E-state index is 12.7. The van der Waals surface area contributed by atoms with Gasteiger partial charge in [0.15, 0.2) is 11.2 Å². The number of carbonyl (C=O) groups excluding carboxylic acids is 1. The molecule has 0 unspecified atom stereocenters. The quantitative estimate of drug-likeness (QED) is 0.630. The summed E-state index contributed by atoms with van der Waals surface area (Å²) in [5, 5.41) is 2.77. The molecular formula is C19H23N5O4. The molecule has 0 aliphatic heterocycles. The van der Waals surface area contributed by atoms with Crippen molar-refractivity contribution in [3.63, 3.8) is 0 Å². The standard InChI is InChI=1S/C19H23N5O4/c1-4-28-11-14-8-6-5-7-13(14)9-20-15(25)10-24-18(26)16-17(21-12-22(16)2)23(3)19(24)27/h5-8,12H,4,9-11H2,1-3H3,(H,20,25). The van der Waals surface area contributed by atoms with Crippen LogP contribution in [0.4, 0.5) is 0 Å². The van der Waals surface area contributed by atoms with Gasteiger partial charge in [0.25, 0.3) is 5.56 Å². The van der Waals surface area contributed by atoms with Crippen molar-refractivity contribution >= 4 is 17.1 Å². The summed E-state index contributed by atoms with van der Waals surface area (Å²) in [7, 11) is 3.19. The Labute approximate surface area is 161 Å². The molecule has 3 aromatic rings. The number of aryl methyl sites for hydroxylation is 2. The van der Waals surface area contributed by atoms with Crippen LogP contribution in [0.2, 0.25) is 0 Å². The Morgan fingerprint density at radius 1 is 1.18 bits per heavy atom. The number of nitrogens with one attached hydrogen (secondary N) is 1. The Bertz CT molecular complexity index is 1130. The van der Waals surface area contributed by atoms with Gasteiger partial charge in [0.1, 0.15) is 6.54 Å². The Kier molecular flexibility index (Phi) is 5.74. The fourth-order valence-corrected chi connectivity index (χ4v) is 3.01. The third kappa shape index (κ3) is 3.74. The summed E-state index contributed by atoms with van der Waals surface area (Å²) in [5.41, 5.74) is 1.35. The van der Waals surface area contributed by atoms with Gasteiger partial charge in [0, 0.05) is 27.2 Å². The van der Waals surface area contributed by atoms with E-state index in [4.69, 9.17) is 4.74 Å². The molecule has 0 spiro atoms. The normalized spacial score (nSPS) is 11.1. The maximum absolute atomic E-state index is 12.7. The van der Waals surface area contributed by atoms with Gasteiger partial charge >= 0.3 is 5.69 Å². The Balaban J connectivity index is 1.79. The molecule has 28 heavy (non-hydrogen) atoms. The van der Waals surface area contributed by atoms with Crippen LogP contribution >= 0.6 is 0 Å². The van der Waals surface area contributed by atoms with E-state index in [2.05, 4.69) is 10.3 Å². The second-order valence-corrected chi connectivity index (χ2v) is 6.44. The van der Waals surface area contributed by atoms with Crippen molar-refractivity contribution in [2.45, 2.75) is 26.6 Å². The van der Waals surface area contributed by atoms with Crippen LogP contribution in [-0.4, -0.2) is 31.2 Å². The zero-order chi connectivity index (χ0) is 20.3. The lowest BCUT2D eigenvalue weighted by Gasteiger charge is -2.12. The fourth-order valence-electron chi connectivity index (χ4n) is 3.01. The van der Waals surface area contributed by atoms with Crippen LogP contribution in [0.25, 0.3) is 11.2 Å². The van der Waals surface area contributed by atoms with E-state index in [1.807, 2.05) is 31.2 Å². The molecule has 1 N–H and O–H groups in total. The molecule has 9 nitrogen and oxygen atoms in total. The third-order valence-corrected chi connectivity index (χ3v) is 4.56. The van der Waals surface area contributed by atoms with Gasteiger partial charge in [0.05, 0.1) is 12.9 Å². The van der Waals surface area contributed by atoms with Crippen LogP contribution in [0.1, 0.15) is 18.1 Å². The highest BCUT2D eigenvalue weighted by Crippen LogP contribution is 2.10. The first-order chi connectivity index (χ1) is 13.4. The number of ether oxygens (including phenoxy) is 1. The molecule has 2 heterocycles. The topological polar surface area (TPSA) is 100 Å². The molecule has 0 saturated heterocycles. The average molecular weight is 385 g/mol. The largest absolute Gasteiger partial charge is 0.377 e. The van der Waals surface area contributed by atoms with Crippen molar-refractivity contribution in [2.24, 2.45) is 14.1 Å². The predicted molar refractivity (Wildman–Crippen MR) is 104 cm³/mol. The fraction of sp³-hybridized carbons (Fsp3) is 0.368. The minimum absolute atomic E-state index is 0.275. The molecule has 0 radical (unpaired) electrons. The van der Waals surface area contributed by atoms with Gasteiger partial charge in [-0.15, -0.1) is 0 Å². The SMILES string of the molecule is CCOCc1ccccc1CNC(=O)Cn1c(=O)c2c(ncn2C)n(C)c1=O. The number of fused-ring (bicyclic) bond motifs is 1. The molecule has 0 bridgehead atoms. The van der Waals surface area contributed by atoms with Crippen molar-refractivity contribution in [2.75, 3.05) is 6.61 Å². The first-order valence-corrected chi connectivity index (χ1v) is 8.96. The smallest absolute Gasteiger partial charge is 0.332 e. The minimum Gasteiger partial charge on any atom is -0.377 e. The van der Waals surface area contributed by atoms with Crippen molar-refractivity contribution in [3.8, 4) is 0 Å². The summed E-state index contributed by atoms with van der Waals surface area (Å²) < 4.78 is 9.17. The lowest BCUT2D eigenvalue weighted by molar-refractivity contribution is -0.121. The molecule has 0 fully saturated rings. The molecular weight excluding hydrogens is 362 g/mol. The second-order valence-electron chi connectivity index (χ2n) is 6.44. The number of benzene rings is 1. The molecule has 2 aromatic heterocycles. The van der Waals surface area contributed by atoms with E-state index >= 15 is 0 Å². The van der Waals surface area contributed by atoms with Crippen molar-refractivity contribution < 1.29 is 9.53 Å². The van der Waals surface area contributed by atoms with E-state index < -0.39 is 17.2 Å². The van der Waals surface area contributed by atoms with Gasteiger partial charge < -0.3 is 14.6 Å². The van der Waals surface area contributed by atoms with Crippen LogP contribution in [0, 0.1) is 0 Å². The van der Waals surface area contributed by atoms with Crippen LogP contribution in [0.15, 0.2) is 40.2 Å². The molecule has 0 saturated carbocycles. The average Bonchev–Trinajstić information content (AvgIpc) is 3.08. The predicted octanol–water partition coefficient (Wildman–Crippen LogP) is 0.287. The highest BCUT2D eigenvalue weighted by Gasteiger charge is 2.17. The van der Waals surface area contributed by atoms with E-state index in [0.29, 0.717) is 18.9 Å². The van der Waals surface area contributed by atoms with Gasteiger partial charge in [-0.2, -0.15) is 0 Å². The summed E-state index contributed by atoms with van der Waals surface area (Å²) >= 11 is 0. The van der Waals surface area contributed by atoms with Gasteiger partial charge in [-0.3, -0.25) is 14.2 Å². The van der Waals surface area contributed by atoms with Gasteiger partial charge in [-0.25, -0.2) is 14.3 Å². The molecule has 9 heteroatoms. The monoisotopic (exact) mass is 385 g/mol. The van der Waals surface area contributed by atoms with Crippen LogP contribution in [-0.2, 0) is 43.3 Å². The zero-order valence-electron chi connectivity index (χ0n) is 16.1.